The van der Waals surface area contributed by atoms with Crippen molar-refractivity contribution in [3.05, 3.63) is 51.2 Å². The summed E-state index contributed by atoms with van der Waals surface area (Å²) in [4.78, 5) is 5.94. The number of hydrogen-bond donors (Lipinski definition) is 1. The molecule has 0 saturated heterocycles. The smallest absolute Gasteiger partial charge is 0.126 e. The molecule has 0 aliphatic carbocycles. The van der Waals surface area contributed by atoms with Crippen molar-refractivity contribution in [2.45, 2.75) is 52.6 Å². The van der Waals surface area contributed by atoms with Crippen molar-refractivity contribution in [1.82, 2.24) is 10.3 Å². The molecule has 0 atom stereocenters. The lowest BCUT2D eigenvalue weighted by atomic mass is 10.1. The second-order valence-electron chi connectivity index (χ2n) is 6.20. The second-order valence-corrected chi connectivity index (χ2v) is 7.37. The first-order valence-electron chi connectivity index (χ1n) is 7.35. The average molecular weight is 306 g/mol. The van der Waals surface area contributed by atoms with Crippen molar-refractivity contribution >= 4 is 11.3 Å². The van der Waals surface area contributed by atoms with Gasteiger partial charge in [0.2, 0.25) is 0 Å². The van der Waals surface area contributed by atoms with Gasteiger partial charge in [-0.2, -0.15) is 0 Å². The average Bonchev–Trinajstić information content (AvgIpc) is 2.80. The molecule has 0 aliphatic rings. The van der Waals surface area contributed by atoms with Gasteiger partial charge in [0.15, 0.2) is 0 Å². The van der Waals surface area contributed by atoms with Crippen LogP contribution >= 0.6 is 11.3 Å². The summed E-state index contributed by atoms with van der Waals surface area (Å²) < 4.78 is 13.7. The Kier molecular flexibility index (Phi) is 5.12. The zero-order valence-corrected chi connectivity index (χ0v) is 14.0. The Labute approximate surface area is 130 Å². The first-order valence-corrected chi connectivity index (χ1v) is 8.16. The second kappa shape index (κ2) is 6.67. The largest absolute Gasteiger partial charge is 0.307 e. The summed E-state index contributed by atoms with van der Waals surface area (Å²) in [5.74, 6) is -0.153. The molecule has 1 aromatic carbocycles. The lowest BCUT2D eigenvalue weighted by molar-refractivity contribution is 0.425. The number of thiazole rings is 1. The Morgan fingerprint density at radius 3 is 2.57 bits per heavy atom. The predicted octanol–water partition coefficient (Wildman–Crippen LogP) is 4.32. The summed E-state index contributed by atoms with van der Waals surface area (Å²) in [6.45, 7) is 9.39. The van der Waals surface area contributed by atoms with Gasteiger partial charge in [0.1, 0.15) is 5.82 Å². The van der Waals surface area contributed by atoms with Crippen LogP contribution in [0.2, 0.25) is 0 Å². The number of aromatic nitrogens is 1. The van der Waals surface area contributed by atoms with Crippen molar-refractivity contribution in [3.8, 4) is 0 Å². The molecule has 4 heteroatoms. The number of hydrogen-bond acceptors (Lipinski definition) is 3. The maximum atomic E-state index is 13.7. The summed E-state index contributed by atoms with van der Waals surface area (Å²) in [5, 5.41) is 4.49. The summed E-state index contributed by atoms with van der Waals surface area (Å²) in [6, 6.07) is 6.92. The molecule has 2 nitrogen and oxygen atoms in total. The summed E-state index contributed by atoms with van der Waals surface area (Å²) in [5.41, 5.74) is 1.92. The van der Waals surface area contributed by atoms with Gasteiger partial charge in [-0.15, -0.1) is 11.3 Å². The third kappa shape index (κ3) is 4.61. The van der Waals surface area contributed by atoms with Crippen LogP contribution < -0.4 is 5.32 Å². The molecule has 2 aromatic rings. The molecule has 0 radical (unpaired) electrons. The zero-order valence-electron chi connectivity index (χ0n) is 13.2. The van der Waals surface area contributed by atoms with Gasteiger partial charge < -0.3 is 5.32 Å². The van der Waals surface area contributed by atoms with E-state index >= 15 is 0 Å². The van der Waals surface area contributed by atoms with Crippen LogP contribution in [-0.4, -0.2) is 10.5 Å². The minimum atomic E-state index is -0.153. The van der Waals surface area contributed by atoms with Crippen LogP contribution in [0.3, 0.4) is 0 Å². The van der Waals surface area contributed by atoms with Gasteiger partial charge in [0, 0.05) is 23.4 Å². The lowest BCUT2D eigenvalue weighted by Gasteiger charge is -2.20. The number of rotatable bonds is 5. The molecule has 0 unspecified atom stereocenters. The van der Waals surface area contributed by atoms with Gasteiger partial charge in [0.25, 0.3) is 0 Å². The monoisotopic (exact) mass is 306 g/mol. The maximum absolute atomic E-state index is 13.7. The highest BCUT2D eigenvalue weighted by atomic mass is 32.1. The van der Waals surface area contributed by atoms with Crippen molar-refractivity contribution < 1.29 is 4.39 Å². The first kappa shape index (κ1) is 16.1. The van der Waals surface area contributed by atoms with E-state index in [1.807, 2.05) is 12.1 Å². The van der Waals surface area contributed by atoms with Crippen LogP contribution in [0.15, 0.2) is 24.3 Å². The summed E-state index contributed by atoms with van der Waals surface area (Å²) in [7, 11) is 0. The molecule has 1 N–H and O–H groups in total. The lowest BCUT2D eigenvalue weighted by Crippen LogP contribution is -2.35. The fourth-order valence-corrected chi connectivity index (χ4v) is 3.20. The highest BCUT2D eigenvalue weighted by Gasteiger charge is 2.14. The molecule has 1 heterocycles. The number of nitrogens with zero attached hydrogens (tertiary/aromatic N) is 1. The van der Waals surface area contributed by atoms with Gasteiger partial charge in [-0.05, 0) is 38.8 Å². The molecule has 0 fully saturated rings. The maximum Gasteiger partial charge on any atom is 0.126 e. The number of benzene rings is 1. The van der Waals surface area contributed by atoms with E-state index in [9.17, 15) is 4.39 Å². The summed E-state index contributed by atoms with van der Waals surface area (Å²) in [6.07, 6.45) is 1.48. The quantitative estimate of drug-likeness (QED) is 0.889. The van der Waals surface area contributed by atoms with E-state index in [1.54, 1.807) is 17.4 Å². The van der Waals surface area contributed by atoms with Crippen molar-refractivity contribution in [2.24, 2.45) is 0 Å². The fourth-order valence-electron chi connectivity index (χ4n) is 2.08. The molecule has 0 bridgehead atoms. The molecule has 21 heavy (non-hydrogen) atoms. The molecular weight excluding hydrogens is 283 g/mol. The van der Waals surface area contributed by atoms with Crippen LogP contribution in [0.5, 0.6) is 0 Å². The van der Waals surface area contributed by atoms with Crippen LogP contribution in [-0.2, 0) is 19.4 Å². The predicted molar refractivity (Wildman–Crippen MR) is 87.3 cm³/mol. The van der Waals surface area contributed by atoms with Crippen LogP contribution in [0.1, 0.15) is 48.8 Å². The normalized spacial score (nSPS) is 11.9. The Hall–Kier alpha value is -1.26. The van der Waals surface area contributed by atoms with Gasteiger partial charge in [-0.3, -0.25) is 0 Å². The Bertz CT molecular complexity index is 599. The zero-order chi connectivity index (χ0) is 15.5. The van der Waals surface area contributed by atoms with E-state index in [2.05, 4.69) is 38.0 Å². The molecule has 1 aromatic heterocycles. The first-order chi connectivity index (χ1) is 9.89. The highest BCUT2D eigenvalue weighted by Crippen LogP contribution is 2.23. The molecule has 0 amide bonds. The van der Waals surface area contributed by atoms with Crippen molar-refractivity contribution in [3.63, 3.8) is 0 Å². The standard InChI is InChI=1S/C17H23FN2S/c1-5-14-15(11-19-17(2,3)4)21-16(20-14)10-12-8-6-7-9-13(12)18/h6-9,19H,5,10-11H2,1-4H3. The van der Waals surface area contributed by atoms with E-state index in [-0.39, 0.29) is 11.4 Å². The summed E-state index contributed by atoms with van der Waals surface area (Å²) >= 11 is 1.69. The van der Waals surface area contributed by atoms with Crippen molar-refractivity contribution in [1.29, 1.82) is 0 Å². The Morgan fingerprint density at radius 1 is 1.24 bits per heavy atom. The Morgan fingerprint density at radius 2 is 1.95 bits per heavy atom. The van der Waals surface area contributed by atoms with Crippen LogP contribution in [0, 0.1) is 5.82 Å². The SMILES string of the molecule is CCc1nc(Cc2ccccc2F)sc1CNC(C)(C)C. The molecule has 0 aliphatic heterocycles. The molecular formula is C17H23FN2S. The van der Waals surface area contributed by atoms with Crippen LogP contribution in [0.4, 0.5) is 4.39 Å². The van der Waals surface area contributed by atoms with E-state index in [0.717, 1.165) is 23.7 Å². The highest BCUT2D eigenvalue weighted by molar-refractivity contribution is 7.11. The third-order valence-electron chi connectivity index (χ3n) is 3.24. The minimum absolute atomic E-state index is 0.0840. The molecule has 114 valence electrons. The third-order valence-corrected chi connectivity index (χ3v) is 4.33. The van der Waals surface area contributed by atoms with E-state index < -0.39 is 0 Å². The van der Waals surface area contributed by atoms with E-state index in [1.165, 1.54) is 10.9 Å². The number of nitrogens with one attached hydrogen (secondary N) is 1. The van der Waals surface area contributed by atoms with Gasteiger partial charge in [-0.1, -0.05) is 25.1 Å². The van der Waals surface area contributed by atoms with Gasteiger partial charge >= 0.3 is 0 Å². The molecule has 0 spiro atoms. The fraction of sp³-hybridized carbons (Fsp3) is 0.471. The minimum Gasteiger partial charge on any atom is -0.307 e. The Balaban J connectivity index is 2.15. The van der Waals surface area contributed by atoms with Gasteiger partial charge in [0.05, 0.1) is 10.7 Å². The van der Waals surface area contributed by atoms with E-state index in [0.29, 0.717) is 12.0 Å². The molecule has 0 saturated carbocycles. The van der Waals surface area contributed by atoms with E-state index in [4.69, 9.17) is 0 Å². The van der Waals surface area contributed by atoms with Gasteiger partial charge in [-0.25, -0.2) is 9.37 Å². The molecule has 2 rings (SSSR count). The van der Waals surface area contributed by atoms with Crippen molar-refractivity contribution in [2.75, 3.05) is 0 Å². The van der Waals surface area contributed by atoms with Crippen LogP contribution in [0.25, 0.3) is 0 Å². The topological polar surface area (TPSA) is 24.9 Å². The number of aryl methyl sites for hydroxylation is 1. The number of halogens is 1.